The highest BCUT2D eigenvalue weighted by atomic mass is 19.1. The first-order valence-electron chi connectivity index (χ1n) is 17.7. The highest BCUT2D eigenvalue weighted by Crippen LogP contribution is 2.38. The molecule has 0 bridgehead atoms. The SMILES string of the molecule is CCN(C(=O)[C@@H]1CCN(CC(=O)N2CCC(F)(c3ccc(-c4ncn(C)n4)cc3)CC2)C1)c1ccc2[nH]nc(-c3ccc(OC(C)C)nc3)c2c1. The molecule has 0 saturated carbocycles. The summed E-state index contributed by atoms with van der Waals surface area (Å²) in [5.41, 5.74) is 3.21. The predicted octanol–water partition coefficient (Wildman–Crippen LogP) is 5.37. The van der Waals surface area contributed by atoms with Crippen molar-refractivity contribution in [2.24, 2.45) is 13.0 Å². The third-order valence-corrected chi connectivity index (χ3v) is 9.96. The van der Waals surface area contributed by atoms with Gasteiger partial charge in [-0.15, -0.1) is 0 Å². The number of piperidine rings is 1. The Kier molecular flexibility index (Phi) is 9.56. The van der Waals surface area contributed by atoms with E-state index in [1.165, 1.54) is 0 Å². The second kappa shape index (κ2) is 14.2. The van der Waals surface area contributed by atoms with Gasteiger partial charge in [0.15, 0.2) is 5.82 Å². The van der Waals surface area contributed by atoms with Crippen LogP contribution in [0.15, 0.2) is 67.1 Å². The van der Waals surface area contributed by atoms with E-state index < -0.39 is 5.67 Å². The quantitative estimate of drug-likeness (QED) is 0.207. The number of hydrogen-bond donors (Lipinski definition) is 1. The van der Waals surface area contributed by atoms with Crippen LogP contribution < -0.4 is 9.64 Å². The average Bonchev–Trinajstić information content (AvgIpc) is 3.89. The number of carbonyl (C=O) groups is 2. The Labute approximate surface area is 296 Å². The summed E-state index contributed by atoms with van der Waals surface area (Å²) in [4.78, 5) is 41.5. The lowest BCUT2D eigenvalue weighted by atomic mass is 9.85. The van der Waals surface area contributed by atoms with E-state index in [2.05, 4.69) is 30.2 Å². The van der Waals surface area contributed by atoms with Crippen molar-refractivity contribution >= 4 is 28.4 Å². The van der Waals surface area contributed by atoms with E-state index in [1.54, 1.807) is 34.2 Å². The van der Waals surface area contributed by atoms with Crippen LogP contribution in [0.3, 0.4) is 0 Å². The maximum absolute atomic E-state index is 16.1. The van der Waals surface area contributed by atoms with Crippen molar-refractivity contribution in [2.75, 3.05) is 44.2 Å². The number of ether oxygens (including phenoxy) is 1. The lowest BCUT2D eigenvalue weighted by Crippen LogP contribution is -2.47. The molecule has 0 aliphatic carbocycles. The van der Waals surface area contributed by atoms with Gasteiger partial charge in [-0.2, -0.15) is 10.2 Å². The second-order valence-electron chi connectivity index (χ2n) is 13.8. The minimum Gasteiger partial charge on any atom is -0.475 e. The van der Waals surface area contributed by atoms with Crippen molar-refractivity contribution in [2.45, 2.75) is 51.8 Å². The molecule has 1 N–H and O–H groups in total. The number of aromatic nitrogens is 6. The van der Waals surface area contributed by atoms with Crippen LogP contribution >= 0.6 is 0 Å². The Morgan fingerprint density at radius 1 is 1.04 bits per heavy atom. The van der Waals surface area contributed by atoms with E-state index in [1.807, 2.05) is 75.2 Å². The lowest BCUT2D eigenvalue weighted by molar-refractivity contribution is -0.135. The first-order valence-corrected chi connectivity index (χ1v) is 17.7. The summed E-state index contributed by atoms with van der Waals surface area (Å²) in [5, 5.41) is 12.8. The molecule has 2 aliphatic heterocycles. The zero-order valence-electron chi connectivity index (χ0n) is 29.5. The molecule has 51 heavy (non-hydrogen) atoms. The van der Waals surface area contributed by atoms with E-state index in [0.29, 0.717) is 56.4 Å². The number of aromatic amines is 1. The lowest BCUT2D eigenvalue weighted by Gasteiger charge is -2.37. The normalized spacial score (nSPS) is 17.7. The number of rotatable bonds is 10. The van der Waals surface area contributed by atoms with E-state index in [0.717, 1.165) is 33.4 Å². The van der Waals surface area contributed by atoms with E-state index in [-0.39, 0.29) is 43.2 Å². The summed E-state index contributed by atoms with van der Waals surface area (Å²) >= 11 is 0. The number of H-pyrrole nitrogens is 1. The van der Waals surface area contributed by atoms with Gasteiger partial charge in [0.1, 0.15) is 17.7 Å². The molecule has 5 aromatic rings. The van der Waals surface area contributed by atoms with Crippen LogP contribution in [-0.2, 0) is 22.3 Å². The van der Waals surface area contributed by atoms with E-state index >= 15 is 4.39 Å². The fourth-order valence-corrected chi connectivity index (χ4v) is 7.17. The molecule has 3 aromatic heterocycles. The van der Waals surface area contributed by atoms with Crippen molar-refractivity contribution < 1.29 is 18.7 Å². The van der Waals surface area contributed by atoms with Gasteiger partial charge in [-0.1, -0.05) is 24.3 Å². The number of anilines is 1. The van der Waals surface area contributed by atoms with Gasteiger partial charge in [0.05, 0.1) is 24.1 Å². The highest BCUT2D eigenvalue weighted by molar-refractivity contribution is 6.00. The number of fused-ring (bicyclic) bond motifs is 1. The molecule has 2 fully saturated rings. The summed E-state index contributed by atoms with van der Waals surface area (Å²) in [5.74, 6) is 0.950. The summed E-state index contributed by atoms with van der Waals surface area (Å²) in [7, 11) is 1.81. The topological polar surface area (TPSA) is 125 Å². The zero-order chi connectivity index (χ0) is 35.7. The van der Waals surface area contributed by atoms with Crippen LogP contribution in [-0.4, -0.2) is 96.9 Å². The number of carbonyl (C=O) groups excluding carboxylic acids is 2. The van der Waals surface area contributed by atoms with Crippen LogP contribution in [0.25, 0.3) is 33.5 Å². The summed E-state index contributed by atoms with van der Waals surface area (Å²) in [6.45, 7) is 8.49. The fourth-order valence-electron chi connectivity index (χ4n) is 7.17. The van der Waals surface area contributed by atoms with E-state index in [4.69, 9.17) is 4.74 Å². The molecule has 266 valence electrons. The molecule has 2 saturated heterocycles. The first kappa shape index (κ1) is 34.3. The molecule has 2 aliphatic rings. The Hall–Kier alpha value is -5.17. The number of hydrogen-bond acceptors (Lipinski definition) is 8. The highest BCUT2D eigenvalue weighted by Gasteiger charge is 2.39. The predicted molar refractivity (Wildman–Crippen MR) is 193 cm³/mol. The maximum atomic E-state index is 16.1. The van der Waals surface area contributed by atoms with Gasteiger partial charge in [0.25, 0.3) is 0 Å². The monoisotopic (exact) mass is 693 g/mol. The number of aryl methyl sites for hydroxylation is 1. The number of nitrogens with zero attached hydrogens (tertiary/aromatic N) is 8. The van der Waals surface area contributed by atoms with Crippen molar-refractivity contribution in [1.29, 1.82) is 0 Å². The minimum absolute atomic E-state index is 0.0229. The maximum Gasteiger partial charge on any atom is 0.236 e. The third kappa shape index (κ3) is 7.21. The van der Waals surface area contributed by atoms with Crippen LogP contribution in [0, 0.1) is 5.92 Å². The number of benzene rings is 2. The Morgan fingerprint density at radius 2 is 1.80 bits per heavy atom. The van der Waals surface area contributed by atoms with Gasteiger partial charge >= 0.3 is 0 Å². The van der Waals surface area contributed by atoms with Gasteiger partial charge in [0.2, 0.25) is 17.7 Å². The second-order valence-corrected chi connectivity index (χ2v) is 13.8. The van der Waals surface area contributed by atoms with E-state index in [9.17, 15) is 9.59 Å². The van der Waals surface area contributed by atoms with Crippen molar-refractivity contribution in [3.05, 3.63) is 72.7 Å². The zero-order valence-corrected chi connectivity index (χ0v) is 29.5. The standard InChI is InChI=1S/C38H44FN9O3/c1-5-48(30-11-12-32-31(20-30)35(43-42-32)27-8-13-33(40-21-27)51-25(2)3)37(50)28-14-17-46(22-28)23-34(49)47-18-15-38(39,16-19-47)29-9-6-26(7-10-29)36-41-24-45(4)44-36/h6-13,20-21,24-25,28H,5,14-19,22-23H2,1-4H3,(H,42,43)/t28-/m1/s1. The molecule has 13 heteroatoms. The molecular formula is C38H44FN9O3. The van der Waals surface area contributed by atoms with Gasteiger partial charge in [-0.25, -0.2) is 14.4 Å². The molecule has 0 radical (unpaired) electrons. The molecule has 2 aromatic carbocycles. The molecule has 0 spiro atoms. The molecule has 12 nitrogen and oxygen atoms in total. The van der Waals surface area contributed by atoms with Gasteiger partial charge in [-0.3, -0.25) is 24.3 Å². The largest absolute Gasteiger partial charge is 0.475 e. The molecule has 7 rings (SSSR count). The third-order valence-electron chi connectivity index (χ3n) is 9.96. The van der Waals surface area contributed by atoms with Crippen molar-refractivity contribution in [1.82, 2.24) is 39.7 Å². The van der Waals surface area contributed by atoms with Crippen LogP contribution in [0.5, 0.6) is 5.88 Å². The van der Waals surface area contributed by atoms with Gasteiger partial charge in [-0.05, 0) is 63.6 Å². The van der Waals surface area contributed by atoms with Gasteiger partial charge in [0, 0.05) is 80.5 Å². The number of amides is 2. The summed E-state index contributed by atoms with van der Waals surface area (Å²) in [6.07, 6.45) is 4.57. The number of likely N-dealkylation sites (tertiary alicyclic amines) is 2. The molecule has 2 amide bonds. The Morgan fingerprint density at radius 3 is 2.47 bits per heavy atom. The number of pyridine rings is 1. The average molecular weight is 694 g/mol. The van der Waals surface area contributed by atoms with Crippen LogP contribution in [0.2, 0.25) is 0 Å². The molecule has 5 heterocycles. The smallest absolute Gasteiger partial charge is 0.236 e. The fraction of sp³-hybridized carbons (Fsp3) is 0.421. The van der Waals surface area contributed by atoms with Crippen molar-refractivity contribution in [3.8, 4) is 28.5 Å². The molecule has 0 unspecified atom stereocenters. The van der Waals surface area contributed by atoms with Crippen LogP contribution in [0.1, 0.15) is 45.6 Å². The number of nitrogens with one attached hydrogen (secondary N) is 1. The molecule has 1 atom stereocenters. The van der Waals surface area contributed by atoms with Crippen LogP contribution in [0.4, 0.5) is 10.1 Å². The summed E-state index contributed by atoms with van der Waals surface area (Å²) < 4.78 is 23.4. The Balaban J connectivity index is 0.945. The minimum atomic E-state index is -1.49. The van der Waals surface area contributed by atoms with Gasteiger partial charge < -0.3 is 14.5 Å². The first-order chi connectivity index (χ1) is 24.6. The number of halogens is 1. The summed E-state index contributed by atoms with van der Waals surface area (Å²) in [6, 6.07) is 16.9. The Bertz CT molecular complexity index is 2000. The van der Waals surface area contributed by atoms with Crippen molar-refractivity contribution in [3.63, 3.8) is 0 Å². The number of alkyl halides is 1. The molecular weight excluding hydrogens is 649 g/mol.